The average Bonchev–Trinajstić information content (AvgIpc) is 2.72. The van der Waals surface area contributed by atoms with Gasteiger partial charge in [0.25, 0.3) is 11.2 Å². The van der Waals surface area contributed by atoms with Crippen LogP contribution in [0.4, 0.5) is 5.69 Å². The molecule has 0 N–H and O–H groups in total. The maximum Gasteiger partial charge on any atom is 0.282 e. The molecule has 0 radical (unpaired) electrons. The molecule has 1 heterocycles. The molecule has 29 heavy (non-hydrogen) atoms. The van der Waals surface area contributed by atoms with Crippen molar-refractivity contribution in [2.24, 2.45) is 5.10 Å². The van der Waals surface area contributed by atoms with Crippen molar-refractivity contribution < 1.29 is 9.66 Å². The van der Waals surface area contributed by atoms with Gasteiger partial charge in [-0.15, -0.1) is 0 Å². The molecule has 3 rings (SSSR count). The van der Waals surface area contributed by atoms with Gasteiger partial charge in [-0.05, 0) is 24.3 Å². The van der Waals surface area contributed by atoms with Crippen molar-refractivity contribution in [2.45, 2.75) is 13.3 Å². The molecule has 2 aromatic carbocycles. The number of non-ortho nitro benzene ring substituents is 1. The summed E-state index contributed by atoms with van der Waals surface area (Å²) in [6.07, 6.45) is 3.40. The van der Waals surface area contributed by atoms with Crippen LogP contribution in [0, 0.1) is 10.1 Å². The number of hydrogen-bond acceptors (Lipinski definition) is 6. The van der Waals surface area contributed by atoms with Gasteiger partial charge in [0.15, 0.2) is 0 Å². The van der Waals surface area contributed by atoms with E-state index in [1.807, 2.05) is 13.0 Å². The quantitative estimate of drug-likeness (QED) is 0.231. The maximum absolute atomic E-state index is 12.9. The van der Waals surface area contributed by atoms with Crippen LogP contribution in [0.3, 0.4) is 0 Å². The van der Waals surface area contributed by atoms with Gasteiger partial charge in [-0.3, -0.25) is 14.9 Å². The third-order valence-corrected chi connectivity index (χ3v) is 4.56. The van der Waals surface area contributed by atoms with Gasteiger partial charge >= 0.3 is 0 Å². The van der Waals surface area contributed by atoms with Crippen LogP contribution < -0.4 is 10.3 Å². The fraction of sp³-hybridized carbons (Fsp3) is 0.150. The van der Waals surface area contributed by atoms with Crippen molar-refractivity contribution >= 4 is 38.7 Å². The number of hydrogen-bond donors (Lipinski definition) is 0. The zero-order valence-electron chi connectivity index (χ0n) is 15.5. The molecular formula is C20H17BrN4O4. The second-order valence-corrected chi connectivity index (χ2v) is 6.90. The molecule has 0 spiro atoms. The van der Waals surface area contributed by atoms with Gasteiger partial charge in [0.05, 0.1) is 22.0 Å². The number of aryl methyl sites for hydroxylation is 1. The van der Waals surface area contributed by atoms with Crippen LogP contribution in [0.2, 0.25) is 0 Å². The number of benzene rings is 2. The Morgan fingerprint density at radius 3 is 2.83 bits per heavy atom. The van der Waals surface area contributed by atoms with E-state index in [9.17, 15) is 14.9 Å². The normalized spacial score (nSPS) is 11.1. The Balaban J connectivity index is 2.13. The molecule has 0 unspecified atom stereocenters. The number of ether oxygens (including phenoxy) is 1. The number of nitro benzene ring substituents is 1. The monoisotopic (exact) mass is 456 g/mol. The topological polar surface area (TPSA) is 99.6 Å². The Kier molecular flexibility index (Phi) is 6.18. The predicted octanol–water partition coefficient (Wildman–Crippen LogP) is 4.08. The van der Waals surface area contributed by atoms with Gasteiger partial charge < -0.3 is 4.74 Å². The van der Waals surface area contributed by atoms with Crippen molar-refractivity contribution in [3.8, 4) is 5.75 Å². The molecule has 0 saturated carbocycles. The van der Waals surface area contributed by atoms with E-state index in [0.717, 1.165) is 4.47 Å². The smallest absolute Gasteiger partial charge is 0.282 e. The Morgan fingerprint density at radius 1 is 1.34 bits per heavy atom. The van der Waals surface area contributed by atoms with Gasteiger partial charge in [-0.1, -0.05) is 35.5 Å². The molecule has 0 aliphatic heterocycles. The molecule has 0 atom stereocenters. The third-order valence-electron chi connectivity index (χ3n) is 4.06. The van der Waals surface area contributed by atoms with E-state index in [4.69, 9.17) is 4.74 Å². The van der Waals surface area contributed by atoms with Crippen LogP contribution in [-0.2, 0) is 6.42 Å². The molecule has 0 amide bonds. The minimum atomic E-state index is -0.507. The van der Waals surface area contributed by atoms with Crippen molar-refractivity contribution in [1.29, 1.82) is 0 Å². The van der Waals surface area contributed by atoms with Gasteiger partial charge in [0.2, 0.25) is 0 Å². The first-order chi connectivity index (χ1) is 13.9. The molecule has 9 heteroatoms. The first kappa shape index (κ1) is 20.4. The van der Waals surface area contributed by atoms with E-state index in [2.05, 4.69) is 32.6 Å². The summed E-state index contributed by atoms with van der Waals surface area (Å²) < 4.78 is 7.49. The first-order valence-corrected chi connectivity index (χ1v) is 9.51. The average molecular weight is 457 g/mol. The number of fused-ring (bicyclic) bond motifs is 1. The minimum Gasteiger partial charge on any atom is -0.489 e. The van der Waals surface area contributed by atoms with E-state index in [1.54, 1.807) is 18.2 Å². The fourth-order valence-corrected chi connectivity index (χ4v) is 3.05. The highest BCUT2D eigenvalue weighted by Gasteiger charge is 2.12. The van der Waals surface area contributed by atoms with Crippen LogP contribution in [0.5, 0.6) is 5.75 Å². The number of nitro groups is 1. The van der Waals surface area contributed by atoms with Crippen LogP contribution in [0.15, 0.2) is 63.4 Å². The highest BCUT2D eigenvalue weighted by molar-refractivity contribution is 9.10. The molecule has 0 fully saturated rings. The van der Waals surface area contributed by atoms with Crippen LogP contribution in [0.1, 0.15) is 18.3 Å². The van der Waals surface area contributed by atoms with Crippen molar-refractivity contribution in [2.75, 3.05) is 6.61 Å². The summed E-state index contributed by atoms with van der Waals surface area (Å²) in [5.74, 6) is 0.863. The summed E-state index contributed by atoms with van der Waals surface area (Å²) >= 11 is 3.35. The number of rotatable bonds is 7. The van der Waals surface area contributed by atoms with E-state index in [-0.39, 0.29) is 17.9 Å². The Morgan fingerprint density at radius 2 is 2.14 bits per heavy atom. The third kappa shape index (κ3) is 4.40. The molecule has 0 aliphatic carbocycles. The van der Waals surface area contributed by atoms with Gasteiger partial charge in [-0.25, -0.2) is 4.98 Å². The standard InChI is InChI=1S/C20H17BrN4O4/c1-3-9-29-18-8-6-15(25(27)28)10-13(18)12-22-24-19(4-2)23-17-7-5-14(21)11-16(17)20(24)26/h3,5-8,10-12H,1,4,9H2,2H3. The lowest BCUT2D eigenvalue weighted by Crippen LogP contribution is -2.22. The highest BCUT2D eigenvalue weighted by Crippen LogP contribution is 2.23. The van der Waals surface area contributed by atoms with E-state index in [0.29, 0.717) is 34.5 Å². The lowest BCUT2D eigenvalue weighted by Gasteiger charge is -2.09. The molecule has 148 valence electrons. The van der Waals surface area contributed by atoms with Crippen LogP contribution in [0.25, 0.3) is 10.9 Å². The summed E-state index contributed by atoms with van der Waals surface area (Å²) in [6.45, 7) is 5.68. The Hall–Kier alpha value is -3.33. The number of aromatic nitrogens is 2. The molecular weight excluding hydrogens is 440 g/mol. The second-order valence-electron chi connectivity index (χ2n) is 5.98. The zero-order valence-corrected chi connectivity index (χ0v) is 17.1. The molecule has 3 aromatic rings. The largest absolute Gasteiger partial charge is 0.489 e. The summed E-state index contributed by atoms with van der Waals surface area (Å²) in [5.41, 5.74) is 0.501. The zero-order chi connectivity index (χ0) is 21.0. The van der Waals surface area contributed by atoms with Crippen molar-refractivity contribution in [1.82, 2.24) is 9.66 Å². The summed E-state index contributed by atoms with van der Waals surface area (Å²) in [5, 5.41) is 15.8. The van der Waals surface area contributed by atoms with E-state index < -0.39 is 4.92 Å². The van der Waals surface area contributed by atoms with Crippen LogP contribution in [-0.4, -0.2) is 27.4 Å². The van der Waals surface area contributed by atoms with Crippen LogP contribution >= 0.6 is 15.9 Å². The molecule has 8 nitrogen and oxygen atoms in total. The summed E-state index contributed by atoms with van der Waals surface area (Å²) in [6, 6.07) is 9.42. The molecule has 0 aliphatic rings. The molecule has 0 bridgehead atoms. The number of halogens is 1. The molecule has 0 saturated heterocycles. The SMILES string of the molecule is C=CCOc1ccc([N+](=O)[O-])cc1C=Nn1c(CC)nc2ccc(Br)cc2c1=O. The summed E-state index contributed by atoms with van der Waals surface area (Å²) in [4.78, 5) is 28.1. The van der Waals surface area contributed by atoms with Gasteiger partial charge in [0.1, 0.15) is 18.2 Å². The molecule has 1 aromatic heterocycles. The lowest BCUT2D eigenvalue weighted by atomic mass is 10.2. The maximum atomic E-state index is 12.9. The summed E-state index contributed by atoms with van der Waals surface area (Å²) in [7, 11) is 0. The van der Waals surface area contributed by atoms with Gasteiger partial charge in [-0.2, -0.15) is 9.78 Å². The fourth-order valence-electron chi connectivity index (χ4n) is 2.69. The van der Waals surface area contributed by atoms with E-state index >= 15 is 0 Å². The van der Waals surface area contributed by atoms with Crippen molar-refractivity contribution in [3.63, 3.8) is 0 Å². The highest BCUT2D eigenvalue weighted by atomic mass is 79.9. The lowest BCUT2D eigenvalue weighted by molar-refractivity contribution is -0.384. The minimum absolute atomic E-state index is 0.110. The number of nitrogens with zero attached hydrogens (tertiary/aromatic N) is 4. The van der Waals surface area contributed by atoms with Gasteiger partial charge in [0, 0.05) is 28.6 Å². The van der Waals surface area contributed by atoms with Crippen molar-refractivity contribution in [3.05, 3.63) is 85.4 Å². The Labute approximate surface area is 174 Å². The first-order valence-electron chi connectivity index (χ1n) is 8.72. The Bertz CT molecular complexity index is 1190. The predicted molar refractivity (Wildman–Crippen MR) is 115 cm³/mol. The van der Waals surface area contributed by atoms with E-state index in [1.165, 1.54) is 29.1 Å². The second kappa shape index (κ2) is 8.78.